The highest BCUT2D eigenvalue weighted by Gasteiger charge is 2.18. The van der Waals surface area contributed by atoms with Gasteiger partial charge in [-0.15, -0.1) is 0 Å². The molecule has 0 aliphatic carbocycles. The molecule has 0 N–H and O–H groups in total. The fourth-order valence-electron chi connectivity index (χ4n) is 1.04. The van der Waals surface area contributed by atoms with Gasteiger partial charge in [-0.3, -0.25) is 4.89 Å². The second-order valence-corrected chi connectivity index (χ2v) is 4.92. The zero-order valence-electron chi connectivity index (χ0n) is 9.62. The van der Waals surface area contributed by atoms with E-state index in [9.17, 15) is 4.79 Å². The highest BCUT2D eigenvalue weighted by Crippen LogP contribution is 2.15. The van der Waals surface area contributed by atoms with Crippen molar-refractivity contribution < 1.29 is 14.6 Å². The Hall–Kier alpha value is -0.870. The monoisotopic (exact) mass is 286 g/mol. The molecule has 16 heavy (non-hydrogen) atoms. The van der Waals surface area contributed by atoms with Crippen LogP contribution in [0.25, 0.3) is 0 Å². The van der Waals surface area contributed by atoms with E-state index in [0.717, 1.165) is 5.56 Å². The molecule has 1 aromatic rings. The molecule has 0 aromatic heterocycles. The van der Waals surface area contributed by atoms with E-state index < -0.39 is 11.6 Å². The molecule has 4 heteroatoms. The number of carbonyl (C=O) groups excluding carboxylic acids is 1. The molecule has 0 bridgehead atoms. The highest BCUT2D eigenvalue weighted by atomic mass is 79.9. The molecular weight excluding hydrogens is 272 g/mol. The third kappa shape index (κ3) is 3.94. The van der Waals surface area contributed by atoms with E-state index in [0.29, 0.717) is 10.9 Å². The van der Waals surface area contributed by atoms with Gasteiger partial charge < -0.3 is 0 Å². The van der Waals surface area contributed by atoms with Crippen LogP contribution in [0.1, 0.15) is 36.7 Å². The van der Waals surface area contributed by atoms with Gasteiger partial charge in [0, 0.05) is 5.33 Å². The Labute approximate surface area is 104 Å². The van der Waals surface area contributed by atoms with Crippen LogP contribution < -0.4 is 0 Å². The molecule has 0 saturated heterocycles. The maximum atomic E-state index is 11.7. The van der Waals surface area contributed by atoms with Crippen LogP contribution in [0.5, 0.6) is 0 Å². The summed E-state index contributed by atoms with van der Waals surface area (Å²) in [4.78, 5) is 21.5. The van der Waals surface area contributed by atoms with Crippen LogP contribution in [-0.4, -0.2) is 11.6 Å². The summed E-state index contributed by atoms with van der Waals surface area (Å²) in [5.41, 5.74) is 0.896. The number of alkyl halides is 1. The van der Waals surface area contributed by atoms with Crippen LogP contribution in [-0.2, 0) is 15.1 Å². The Balaban J connectivity index is 2.73. The lowest BCUT2D eigenvalue weighted by molar-refractivity contribution is -0.301. The summed E-state index contributed by atoms with van der Waals surface area (Å²) in [6, 6.07) is 7.24. The zero-order chi connectivity index (χ0) is 12.2. The molecule has 0 aliphatic heterocycles. The predicted octanol–water partition coefficient (Wildman–Crippen LogP) is 3.47. The molecule has 3 nitrogen and oxygen atoms in total. The lowest BCUT2D eigenvalue weighted by Crippen LogP contribution is -2.22. The smallest absolute Gasteiger partial charge is 0.292 e. The molecule has 0 heterocycles. The van der Waals surface area contributed by atoms with Crippen molar-refractivity contribution in [1.82, 2.24) is 0 Å². The van der Waals surface area contributed by atoms with Gasteiger partial charge in [0.2, 0.25) is 0 Å². The van der Waals surface area contributed by atoms with E-state index in [1.165, 1.54) is 0 Å². The third-order valence-corrected chi connectivity index (χ3v) is 2.35. The summed E-state index contributed by atoms with van der Waals surface area (Å²) >= 11 is 3.32. The Morgan fingerprint density at radius 2 is 1.94 bits per heavy atom. The van der Waals surface area contributed by atoms with Gasteiger partial charge in [-0.25, -0.2) is 4.79 Å². The molecule has 88 valence electrons. The van der Waals surface area contributed by atoms with Gasteiger partial charge in [-0.2, -0.15) is 4.89 Å². The average molecular weight is 287 g/mol. The average Bonchev–Trinajstić information content (AvgIpc) is 2.25. The van der Waals surface area contributed by atoms with E-state index in [1.807, 2.05) is 32.9 Å². The van der Waals surface area contributed by atoms with Crippen molar-refractivity contribution in [2.45, 2.75) is 31.7 Å². The van der Waals surface area contributed by atoms with Crippen molar-refractivity contribution in [2.75, 3.05) is 0 Å². The summed E-state index contributed by atoms with van der Waals surface area (Å²) < 4.78 is 0. The fourth-order valence-corrected chi connectivity index (χ4v) is 1.53. The lowest BCUT2D eigenvalue weighted by Gasteiger charge is -2.17. The zero-order valence-corrected chi connectivity index (χ0v) is 11.2. The van der Waals surface area contributed by atoms with Crippen LogP contribution in [0.4, 0.5) is 0 Å². The minimum absolute atomic E-state index is 0.468. The Bertz CT molecular complexity index is 369. The quantitative estimate of drug-likeness (QED) is 0.485. The van der Waals surface area contributed by atoms with Gasteiger partial charge in [0.25, 0.3) is 0 Å². The maximum absolute atomic E-state index is 11.7. The summed E-state index contributed by atoms with van der Waals surface area (Å²) in [6.07, 6.45) is 0. The molecule has 0 aliphatic rings. The van der Waals surface area contributed by atoms with E-state index in [2.05, 4.69) is 15.9 Å². The van der Waals surface area contributed by atoms with E-state index >= 15 is 0 Å². The Morgan fingerprint density at radius 1 is 1.31 bits per heavy atom. The summed E-state index contributed by atoms with van der Waals surface area (Å²) in [6.45, 7) is 5.45. The molecule has 0 atom stereocenters. The van der Waals surface area contributed by atoms with Crippen molar-refractivity contribution in [2.24, 2.45) is 0 Å². The fraction of sp³-hybridized carbons (Fsp3) is 0.417. The molecule has 0 saturated carbocycles. The summed E-state index contributed by atoms with van der Waals surface area (Å²) in [5.74, 6) is -0.468. The first-order valence-electron chi connectivity index (χ1n) is 4.98. The molecule has 0 spiro atoms. The topological polar surface area (TPSA) is 35.5 Å². The second-order valence-electron chi connectivity index (χ2n) is 4.36. The number of hydrogen-bond acceptors (Lipinski definition) is 3. The number of hydrogen-bond donors (Lipinski definition) is 0. The van der Waals surface area contributed by atoms with Crippen LogP contribution >= 0.6 is 15.9 Å². The maximum Gasteiger partial charge on any atom is 0.373 e. The molecule has 1 aromatic carbocycles. The van der Waals surface area contributed by atoms with E-state index in [4.69, 9.17) is 9.78 Å². The van der Waals surface area contributed by atoms with Gasteiger partial charge in [0.15, 0.2) is 0 Å². The van der Waals surface area contributed by atoms with Crippen molar-refractivity contribution in [3.8, 4) is 0 Å². The first-order chi connectivity index (χ1) is 7.44. The standard InChI is InChI=1S/C12H15BrO3/c1-12(2,3)16-15-11(14)10-7-5-4-6-9(10)8-13/h4-7H,8H2,1-3H3. The normalized spacial score (nSPS) is 11.2. The number of benzene rings is 1. The van der Waals surface area contributed by atoms with Gasteiger partial charge in [-0.1, -0.05) is 34.1 Å². The van der Waals surface area contributed by atoms with Crippen molar-refractivity contribution in [3.63, 3.8) is 0 Å². The van der Waals surface area contributed by atoms with E-state index in [1.54, 1.807) is 12.1 Å². The first kappa shape index (κ1) is 13.2. The minimum atomic E-state index is -0.501. The Kier molecular flexibility index (Phi) is 4.50. The van der Waals surface area contributed by atoms with Crippen LogP contribution in [0.3, 0.4) is 0 Å². The highest BCUT2D eigenvalue weighted by molar-refractivity contribution is 9.08. The predicted molar refractivity (Wildman–Crippen MR) is 65.3 cm³/mol. The van der Waals surface area contributed by atoms with Crippen molar-refractivity contribution in [3.05, 3.63) is 35.4 Å². The number of rotatable bonds is 3. The van der Waals surface area contributed by atoms with Crippen LogP contribution in [0.2, 0.25) is 0 Å². The van der Waals surface area contributed by atoms with Crippen LogP contribution in [0.15, 0.2) is 24.3 Å². The van der Waals surface area contributed by atoms with Crippen molar-refractivity contribution >= 4 is 21.9 Å². The molecule has 1 rings (SSSR count). The molecule has 0 fully saturated rings. The van der Waals surface area contributed by atoms with Crippen molar-refractivity contribution in [1.29, 1.82) is 0 Å². The molecular formula is C12H15BrO3. The Morgan fingerprint density at radius 3 is 2.50 bits per heavy atom. The third-order valence-electron chi connectivity index (χ3n) is 1.75. The van der Waals surface area contributed by atoms with Crippen LogP contribution in [0, 0.1) is 0 Å². The number of carbonyl (C=O) groups is 1. The molecule has 0 radical (unpaired) electrons. The van der Waals surface area contributed by atoms with Gasteiger partial charge >= 0.3 is 5.97 Å². The first-order valence-corrected chi connectivity index (χ1v) is 6.10. The summed E-state index contributed by atoms with van der Waals surface area (Å²) in [5, 5.41) is 0.605. The molecule has 0 amide bonds. The largest absolute Gasteiger partial charge is 0.373 e. The second kappa shape index (κ2) is 5.46. The number of halogens is 1. The van der Waals surface area contributed by atoms with Gasteiger partial charge in [0.05, 0.1) is 5.56 Å². The van der Waals surface area contributed by atoms with Gasteiger partial charge in [0.1, 0.15) is 5.60 Å². The van der Waals surface area contributed by atoms with E-state index in [-0.39, 0.29) is 0 Å². The lowest BCUT2D eigenvalue weighted by atomic mass is 10.1. The molecule has 0 unspecified atom stereocenters. The van der Waals surface area contributed by atoms with Gasteiger partial charge in [-0.05, 0) is 32.4 Å². The summed E-state index contributed by atoms with van der Waals surface area (Å²) in [7, 11) is 0. The minimum Gasteiger partial charge on any atom is -0.292 e. The SMILES string of the molecule is CC(C)(C)OOC(=O)c1ccccc1CBr.